The van der Waals surface area contributed by atoms with Crippen LogP contribution >= 0.6 is 0 Å². The molecule has 25 heavy (non-hydrogen) atoms. The number of hydrogen-bond donors (Lipinski definition) is 2. The molecule has 2 N–H and O–H groups in total. The molecule has 0 aliphatic carbocycles. The third-order valence-corrected chi connectivity index (χ3v) is 4.09. The Kier molecular flexibility index (Phi) is 5.39. The lowest BCUT2D eigenvalue weighted by Crippen LogP contribution is -2.32. The summed E-state index contributed by atoms with van der Waals surface area (Å²) in [6.45, 7) is 1.62. The van der Waals surface area contributed by atoms with E-state index >= 15 is 0 Å². The van der Waals surface area contributed by atoms with Crippen LogP contribution in [0, 0.1) is 5.92 Å². The summed E-state index contributed by atoms with van der Waals surface area (Å²) in [5, 5.41) is 9.79. The molecule has 132 valence electrons. The van der Waals surface area contributed by atoms with Gasteiger partial charge in [0.2, 0.25) is 11.8 Å². The number of carbonyl (C=O) groups is 2. The van der Waals surface area contributed by atoms with Crippen molar-refractivity contribution in [3.05, 3.63) is 47.5 Å². The molecule has 0 bridgehead atoms. The standard InChI is InChI=1S/C17H21N5O3/c1-25-11-15-7-14(20-21-15)8-19-17(24)12-6-16(23)22(9-12)10-13-4-2-3-5-18-13/h2-5,7,12H,6,8-11H2,1H3,(H,19,24)(H,20,21). The molecule has 1 atom stereocenters. The van der Waals surface area contributed by atoms with E-state index in [1.54, 1.807) is 18.2 Å². The Hall–Kier alpha value is -2.74. The summed E-state index contributed by atoms with van der Waals surface area (Å²) >= 11 is 0. The number of methoxy groups -OCH3 is 1. The van der Waals surface area contributed by atoms with Crippen LogP contribution in [0.1, 0.15) is 23.5 Å². The van der Waals surface area contributed by atoms with Gasteiger partial charge in [-0.1, -0.05) is 6.07 Å². The average molecular weight is 343 g/mol. The molecule has 0 spiro atoms. The number of amides is 2. The van der Waals surface area contributed by atoms with E-state index in [1.165, 1.54) is 0 Å². The Bertz CT molecular complexity index is 731. The van der Waals surface area contributed by atoms with Crippen LogP contribution in [-0.4, -0.2) is 45.6 Å². The highest BCUT2D eigenvalue weighted by atomic mass is 16.5. The van der Waals surface area contributed by atoms with Gasteiger partial charge in [-0.05, 0) is 18.2 Å². The van der Waals surface area contributed by atoms with Crippen LogP contribution in [0.15, 0.2) is 30.5 Å². The third-order valence-electron chi connectivity index (χ3n) is 4.09. The van der Waals surface area contributed by atoms with Gasteiger partial charge in [0.05, 0.1) is 42.7 Å². The van der Waals surface area contributed by atoms with Crippen LogP contribution in [0.25, 0.3) is 0 Å². The van der Waals surface area contributed by atoms with Crippen molar-refractivity contribution in [3.63, 3.8) is 0 Å². The van der Waals surface area contributed by atoms with Crippen LogP contribution in [-0.2, 0) is 34.0 Å². The number of likely N-dealkylation sites (tertiary alicyclic amines) is 1. The summed E-state index contributed by atoms with van der Waals surface area (Å²) in [6.07, 6.45) is 1.93. The van der Waals surface area contributed by atoms with Gasteiger partial charge in [0.15, 0.2) is 0 Å². The fourth-order valence-corrected chi connectivity index (χ4v) is 2.84. The minimum atomic E-state index is -0.336. The summed E-state index contributed by atoms with van der Waals surface area (Å²) < 4.78 is 5.00. The van der Waals surface area contributed by atoms with Crippen molar-refractivity contribution < 1.29 is 14.3 Å². The van der Waals surface area contributed by atoms with E-state index in [2.05, 4.69) is 20.5 Å². The molecule has 0 saturated carbocycles. The van der Waals surface area contributed by atoms with Gasteiger partial charge >= 0.3 is 0 Å². The van der Waals surface area contributed by atoms with Crippen molar-refractivity contribution in [2.24, 2.45) is 5.92 Å². The quantitative estimate of drug-likeness (QED) is 0.767. The Labute approximate surface area is 145 Å². The second-order valence-electron chi connectivity index (χ2n) is 6.03. The molecule has 1 saturated heterocycles. The molecule has 1 aliphatic heterocycles. The molecule has 1 unspecified atom stereocenters. The number of pyridine rings is 1. The zero-order valence-corrected chi connectivity index (χ0v) is 14.1. The van der Waals surface area contributed by atoms with Crippen LogP contribution in [0.5, 0.6) is 0 Å². The lowest BCUT2D eigenvalue weighted by Gasteiger charge is -2.16. The summed E-state index contributed by atoms with van der Waals surface area (Å²) in [4.78, 5) is 30.4. The highest BCUT2D eigenvalue weighted by Crippen LogP contribution is 2.20. The van der Waals surface area contributed by atoms with E-state index in [-0.39, 0.29) is 24.2 Å². The first-order valence-electron chi connectivity index (χ1n) is 8.13. The Morgan fingerprint density at radius 2 is 2.32 bits per heavy atom. The zero-order valence-electron chi connectivity index (χ0n) is 14.1. The number of hydrogen-bond acceptors (Lipinski definition) is 5. The molecular weight excluding hydrogens is 322 g/mol. The normalized spacial score (nSPS) is 17.1. The van der Waals surface area contributed by atoms with E-state index in [9.17, 15) is 9.59 Å². The van der Waals surface area contributed by atoms with E-state index in [0.29, 0.717) is 26.2 Å². The summed E-state index contributed by atoms with van der Waals surface area (Å²) in [6, 6.07) is 7.43. The number of carbonyl (C=O) groups excluding carboxylic acids is 2. The van der Waals surface area contributed by atoms with Gasteiger partial charge in [-0.3, -0.25) is 19.7 Å². The topological polar surface area (TPSA) is 100 Å². The third kappa shape index (κ3) is 4.42. The fraction of sp³-hybridized carbons (Fsp3) is 0.412. The molecule has 0 radical (unpaired) electrons. The van der Waals surface area contributed by atoms with Gasteiger partial charge in [0.1, 0.15) is 0 Å². The minimum Gasteiger partial charge on any atom is -0.378 e. The molecule has 3 rings (SSSR count). The molecular formula is C17H21N5O3. The number of aromatic amines is 1. The van der Waals surface area contributed by atoms with Crippen LogP contribution in [0.4, 0.5) is 0 Å². The van der Waals surface area contributed by atoms with E-state index in [4.69, 9.17) is 4.74 Å². The van der Waals surface area contributed by atoms with Gasteiger partial charge in [-0.25, -0.2) is 0 Å². The van der Waals surface area contributed by atoms with Crippen LogP contribution in [0.3, 0.4) is 0 Å². The van der Waals surface area contributed by atoms with Crippen molar-refractivity contribution in [2.75, 3.05) is 13.7 Å². The Balaban J connectivity index is 1.50. The molecule has 0 aromatic carbocycles. The van der Waals surface area contributed by atoms with Gasteiger partial charge in [-0.2, -0.15) is 5.10 Å². The smallest absolute Gasteiger partial charge is 0.225 e. The van der Waals surface area contributed by atoms with E-state index < -0.39 is 0 Å². The maximum Gasteiger partial charge on any atom is 0.225 e. The summed E-state index contributed by atoms with van der Waals surface area (Å²) in [5.41, 5.74) is 2.40. The molecule has 8 nitrogen and oxygen atoms in total. The lowest BCUT2D eigenvalue weighted by atomic mass is 10.1. The van der Waals surface area contributed by atoms with Crippen LogP contribution < -0.4 is 5.32 Å². The molecule has 1 fully saturated rings. The number of rotatable bonds is 7. The minimum absolute atomic E-state index is 0.0188. The number of ether oxygens (including phenoxy) is 1. The SMILES string of the molecule is COCc1cc(CNC(=O)C2CC(=O)N(Cc3ccccn3)C2)[nH]n1. The molecule has 1 aliphatic rings. The van der Waals surface area contributed by atoms with Crippen molar-refractivity contribution in [1.29, 1.82) is 0 Å². The first-order chi connectivity index (χ1) is 12.2. The predicted octanol–water partition coefficient (Wildman–Crippen LogP) is 0.616. The molecule has 2 aromatic rings. The number of aromatic nitrogens is 3. The zero-order chi connectivity index (χ0) is 17.6. The largest absolute Gasteiger partial charge is 0.378 e. The van der Waals surface area contributed by atoms with E-state index in [0.717, 1.165) is 17.1 Å². The second kappa shape index (κ2) is 7.89. The lowest BCUT2D eigenvalue weighted by molar-refractivity contribution is -0.129. The van der Waals surface area contributed by atoms with Crippen molar-refractivity contribution in [1.82, 2.24) is 25.4 Å². The average Bonchev–Trinajstić information content (AvgIpc) is 3.21. The summed E-state index contributed by atoms with van der Waals surface area (Å²) in [5.74, 6) is -0.480. The highest BCUT2D eigenvalue weighted by molar-refractivity contribution is 5.89. The number of nitrogens with zero attached hydrogens (tertiary/aromatic N) is 3. The Morgan fingerprint density at radius 1 is 1.44 bits per heavy atom. The van der Waals surface area contributed by atoms with E-state index in [1.807, 2.05) is 24.3 Å². The van der Waals surface area contributed by atoms with Crippen molar-refractivity contribution >= 4 is 11.8 Å². The van der Waals surface area contributed by atoms with Gasteiger partial charge in [0.25, 0.3) is 0 Å². The fourth-order valence-electron chi connectivity index (χ4n) is 2.84. The monoisotopic (exact) mass is 343 g/mol. The second-order valence-corrected chi connectivity index (χ2v) is 6.03. The first kappa shape index (κ1) is 17.1. The highest BCUT2D eigenvalue weighted by Gasteiger charge is 2.34. The Morgan fingerprint density at radius 3 is 3.08 bits per heavy atom. The maximum atomic E-state index is 12.3. The van der Waals surface area contributed by atoms with Gasteiger partial charge in [-0.15, -0.1) is 0 Å². The molecule has 2 aromatic heterocycles. The van der Waals surface area contributed by atoms with Crippen molar-refractivity contribution in [2.45, 2.75) is 26.1 Å². The molecule has 3 heterocycles. The van der Waals surface area contributed by atoms with Gasteiger partial charge < -0.3 is 15.0 Å². The summed E-state index contributed by atoms with van der Waals surface area (Å²) in [7, 11) is 1.60. The number of H-pyrrole nitrogens is 1. The van der Waals surface area contributed by atoms with Gasteiger partial charge in [0, 0.05) is 26.3 Å². The molecule has 8 heteroatoms. The van der Waals surface area contributed by atoms with Crippen molar-refractivity contribution in [3.8, 4) is 0 Å². The first-order valence-corrected chi connectivity index (χ1v) is 8.13. The number of nitrogens with one attached hydrogen (secondary N) is 2. The maximum absolute atomic E-state index is 12.3. The van der Waals surface area contributed by atoms with Crippen LogP contribution in [0.2, 0.25) is 0 Å². The molecule has 2 amide bonds. The predicted molar refractivity (Wildman–Crippen MR) is 88.9 cm³/mol.